The number of aliphatic carboxylic acids is 1. The molecule has 0 radical (unpaired) electrons. The first kappa shape index (κ1) is 65.2. The van der Waals surface area contributed by atoms with Crippen molar-refractivity contribution in [3.05, 3.63) is 103 Å². The van der Waals surface area contributed by atoms with Gasteiger partial charge in [-0.05, 0) is 60.0 Å². The number of nitrogens with one attached hydrogen (secondary N) is 7. The Kier molecular flexibility index (Phi) is 22.6. The number of H-pyrrole nitrogens is 1. The number of carboxylic acid groups (broad SMARTS) is 1. The fourth-order valence-corrected chi connectivity index (χ4v) is 15.3. The summed E-state index contributed by atoms with van der Waals surface area (Å²) in [6.07, 6.45) is 5.69. The Bertz CT molecular complexity index is 3410. The van der Waals surface area contributed by atoms with Gasteiger partial charge in [0.15, 0.2) is 5.95 Å². The molecule has 8 rings (SSSR count). The van der Waals surface area contributed by atoms with Crippen molar-refractivity contribution in [1.29, 1.82) is 0 Å². The predicted octanol–water partition coefficient (Wildman–Crippen LogP) is -0.957. The van der Waals surface area contributed by atoms with Crippen molar-refractivity contribution in [2.45, 2.75) is 34.8 Å². The Hall–Kier alpha value is -6.74. The fraction of sp³-hybridized carbons (Fsp3) is 0.412. The SMILES string of the molecule is C=C1CN2CCN3CCN(CC(=O)N[C@@H](CS(O)(O)O)C(=O)NCCNS(=O)(=O)c4ccc(-c5ccc(S(=O)(=O)N[C@@H](CNC(=O)c6ccc7c(cnn7CCCNc7ncc[nH]7)c6)C(=O)O)cc5)cc4)CCN(CC2)CC(=O)[O][In]([O]1)[O]C(=O)C3. The van der Waals surface area contributed by atoms with E-state index in [1.54, 1.807) is 46.4 Å². The van der Waals surface area contributed by atoms with E-state index in [-0.39, 0.29) is 61.2 Å². The van der Waals surface area contributed by atoms with Gasteiger partial charge in [0.05, 0.1) is 32.4 Å². The van der Waals surface area contributed by atoms with E-state index in [4.69, 9.17) is 8.56 Å². The second-order valence-corrected chi connectivity index (χ2v) is 29.0. The first-order chi connectivity index (χ1) is 40.9. The predicted molar refractivity (Wildman–Crippen MR) is 312 cm³/mol. The molecule has 2 unspecified atom stereocenters. The Balaban J connectivity index is 0.799. The third kappa shape index (κ3) is 19.4. The number of anilines is 1. The van der Waals surface area contributed by atoms with E-state index in [1.165, 1.54) is 48.5 Å². The molecule has 3 aromatic carbocycles. The molecule has 0 saturated carbocycles. The number of carbonyl (C=O) groups excluding carboxylic acids is 5. The summed E-state index contributed by atoms with van der Waals surface area (Å²) in [7, 11) is -13.0. The molecule has 35 heteroatoms. The monoisotopic (exact) mass is 1360 g/mol. The molecule has 4 atom stereocenters. The van der Waals surface area contributed by atoms with Crippen LogP contribution in [0.1, 0.15) is 16.8 Å². The topological polar surface area (TPSA) is 411 Å². The number of fused-ring (bicyclic) bond motifs is 8. The molecule has 11 N–H and O–H groups in total. The molecule has 4 bridgehead atoms. The van der Waals surface area contributed by atoms with Gasteiger partial charge in [-0.1, -0.05) is 24.3 Å². The number of imidazole rings is 1. The molecule has 3 fully saturated rings. The fourth-order valence-electron chi connectivity index (χ4n) is 9.38. The van der Waals surface area contributed by atoms with Gasteiger partial charge >= 0.3 is 203 Å². The van der Waals surface area contributed by atoms with Crippen LogP contribution in [-0.2, 0) is 59.1 Å². The summed E-state index contributed by atoms with van der Waals surface area (Å²) in [5.74, 6) is -5.16. The maximum absolute atomic E-state index is 13.6. The number of aromatic amines is 1. The number of rotatable bonds is 24. The molecule has 3 aliphatic rings. The van der Waals surface area contributed by atoms with Crippen LogP contribution in [0, 0.1) is 0 Å². The van der Waals surface area contributed by atoms with Crippen molar-refractivity contribution in [1.82, 2.24) is 64.7 Å². The quantitative estimate of drug-likeness (QED) is 0.0332. The van der Waals surface area contributed by atoms with Crippen molar-refractivity contribution in [3.8, 4) is 11.1 Å². The van der Waals surface area contributed by atoms with Crippen LogP contribution in [0.15, 0.2) is 107 Å². The number of carboxylic acids is 1. The van der Waals surface area contributed by atoms with E-state index in [0.29, 0.717) is 87.1 Å². The molecular weight excluding hydrogens is 1290 g/mol. The van der Waals surface area contributed by atoms with E-state index in [1.807, 2.05) is 9.80 Å². The molecule has 464 valence electrons. The van der Waals surface area contributed by atoms with Gasteiger partial charge in [0, 0.05) is 56.1 Å². The average Bonchev–Trinajstić information content (AvgIpc) is 2.53. The molecular formula is C51H67InN14O17S3. The van der Waals surface area contributed by atoms with Crippen LogP contribution < -0.4 is 30.7 Å². The van der Waals surface area contributed by atoms with E-state index in [0.717, 1.165) is 11.9 Å². The molecule has 3 aliphatic heterocycles. The van der Waals surface area contributed by atoms with Gasteiger partial charge in [0.2, 0.25) is 20.0 Å². The third-order valence-corrected chi connectivity index (χ3v) is 21.7. The molecule has 3 saturated heterocycles. The summed E-state index contributed by atoms with van der Waals surface area (Å²) in [6, 6.07) is 12.2. The van der Waals surface area contributed by atoms with Crippen LogP contribution in [0.5, 0.6) is 0 Å². The van der Waals surface area contributed by atoms with E-state index >= 15 is 0 Å². The van der Waals surface area contributed by atoms with E-state index in [9.17, 15) is 64.4 Å². The van der Waals surface area contributed by atoms with Gasteiger partial charge in [0.25, 0.3) is 5.91 Å². The van der Waals surface area contributed by atoms with Crippen molar-refractivity contribution >= 4 is 106 Å². The van der Waals surface area contributed by atoms with E-state index in [2.05, 4.69) is 57.3 Å². The van der Waals surface area contributed by atoms with Gasteiger partial charge < -0.3 is 39.7 Å². The third-order valence-electron chi connectivity index (χ3n) is 13.8. The molecule has 31 nitrogen and oxygen atoms in total. The van der Waals surface area contributed by atoms with Gasteiger partial charge in [-0.15, -0.1) is 0 Å². The number of amides is 3. The molecule has 2 aromatic heterocycles. The molecule has 3 amide bonds. The second-order valence-electron chi connectivity index (χ2n) is 20.3. The van der Waals surface area contributed by atoms with Crippen LogP contribution in [0.25, 0.3) is 22.0 Å². The van der Waals surface area contributed by atoms with Crippen LogP contribution in [0.3, 0.4) is 0 Å². The second kappa shape index (κ2) is 29.8. The number of aromatic nitrogens is 4. The van der Waals surface area contributed by atoms with Crippen LogP contribution >= 0.6 is 10.9 Å². The van der Waals surface area contributed by atoms with Crippen LogP contribution in [0.2, 0.25) is 0 Å². The number of hydrogen-bond donors (Lipinski definition) is 11. The zero-order chi connectivity index (χ0) is 61.6. The average molecular weight is 1360 g/mol. The molecule has 0 aliphatic carbocycles. The summed E-state index contributed by atoms with van der Waals surface area (Å²) < 4.78 is 106. The normalized spacial score (nSPS) is 19.3. The van der Waals surface area contributed by atoms with Crippen molar-refractivity contribution in [2.75, 3.05) is 116 Å². The first-order valence-corrected chi connectivity index (χ1v) is 35.7. The zero-order valence-electron chi connectivity index (χ0n) is 46.4. The summed E-state index contributed by atoms with van der Waals surface area (Å²) in [6.45, 7) is 6.59. The molecule has 5 heterocycles. The molecule has 5 aromatic rings. The summed E-state index contributed by atoms with van der Waals surface area (Å²) in [5, 5.41) is 25.5. The van der Waals surface area contributed by atoms with Crippen molar-refractivity contribution in [3.63, 3.8) is 0 Å². The number of nitrogens with zero attached hydrogens (tertiary/aromatic N) is 7. The molecule has 86 heavy (non-hydrogen) atoms. The van der Waals surface area contributed by atoms with E-state index < -0.39 is 114 Å². The van der Waals surface area contributed by atoms with Crippen LogP contribution in [0.4, 0.5) is 5.95 Å². The Morgan fingerprint density at radius 2 is 1.34 bits per heavy atom. The van der Waals surface area contributed by atoms with Crippen LogP contribution in [-0.4, -0.2) is 256 Å². The summed E-state index contributed by atoms with van der Waals surface area (Å²) in [4.78, 5) is 92.4. The number of hydrogen-bond acceptors (Lipinski definition) is 23. The Labute approximate surface area is 505 Å². The Morgan fingerprint density at radius 1 is 0.733 bits per heavy atom. The summed E-state index contributed by atoms with van der Waals surface area (Å²) in [5.41, 5.74) is 1.93. The first-order valence-electron chi connectivity index (χ1n) is 27.1. The molecule has 0 spiro atoms. The Morgan fingerprint density at radius 3 is 1.93 bits per heavy atom. The minimum atomic E-state index is -4.45. The van der Waals surface area contributed by atoms with Gasteiger partial charge in [-0.2, -0.15) is 9.82 Å². The van der Waals surface area contributed by atoms with Crippen molar-refractivity contribution < 1.29 is 72.9 Å². The van der Waals surface area contributed by atoms with Crippen molar-refractivity contribution in [2.24, 2.45) is 0 Å². The summed E-state index contributed by atoms with van der Waals surface area (Å²) >= 11 is -4.11. The number of sulfonamides is 2. The number of carbonyl (C=O) groups is 6. The number of benzene rings is 3. The number of aryl methyl sites for hydroxylation is 1. The zero-order valence-corrected chi connectivity index (χ0v) is 52.2. The standard InChI is InChI=1S/C51H70N14O17S3.In/c1-35(66)30-61-19-23-63(32-46(68)69)25-21-62(22-26-64(24-20-61)33-47(70)71)31-45(67)59-43(34-83(76,77)78)49(73)52-16-17-58-84(79,80)40-8-3-36(4-9-40)37-5-10-41(11-6-37)85(81,82)60-42(50(74)75)29-56-48(72)38-7-12-44-39(27-38)28-57-65(44)18-2-13-53-51-54-14-15-55-51;/h3-12,14-15,27-28,42-43,58,60,66,76-78H,1-2,13,16-26,29-34H2,(H,52,73)(H,56,72)(H,59,67)(H,68,69)(H,70,71)(H,74,75)(H2,53,54,55);/q;+3/p-3/t42-,43-;/m0./s1. The van der Waals surface area contributed by atoms with Gasteiger partial charge in [-0.3, -0.25) is 19.1 Å². The maximum atomic E-state index is 13.6. The van der Waals surface area contributed by atoms with Gasteiger partial charge in [-0.25, -0.2) is 26.5 Å². The minimum absolute atomic E-state index is 0.148. The van der Waals surface area contributed by atoms with Gasteiger partial charge in [0.1, 0.15) is 6.04 Å².